The van der Waals surface area contributed by atoms with Crippen LogP contribution in [0.2, 0.25) is 0 Å². The van der Waals surface area contributed by atoms with Crippen molar-refractivity contribution in [2.45, 2.75) is 6.42 Å². The van der Waals surface area contributed by atoms with Crippen LogP contribution < -0.4 is 5.14 Å². The summed E-state index contributed by atoms with van der Waals surface area (Å²) < 4.78 is 20.7. The number of nitrogens with two attached hydrogens (primary N) is 1. The van der Waals surface area contributed by atoms with Crippen molar-refractivity contribution in [3.8, 4) is 0 Å². The third-order valence-electron chi connectivity index (χ3n) is 0.947. The van der Waals surface area contributed by atoms with Crippen molar-refractivity contribution in [2.24, 2.45) is 5.14 Å². The molecule has 2 N–H and O–H groups in total. The smallest absolute Gasteiger partial charge is 0.216 e. The molecule has 0 amide bonds. The van der Waals surface area contributed by atoms with Crippen LogP contribution in [0.4, 0.5) is 0 Å². The van der Waals surface area contributed by atoms with Gasteiger partial charge in [-0.15, -0.1) is 0 Å². The van der Waals surface area contributed by atoms with Gasteiger partial charge < -0.3 is 0 Å². The van der Waals surface area contributed by atoms with E-state index in [4.69, 9.17) is 0 Å². The highest BCUT2D eigenvalue weighted by Crippen LogP contribution is 1.97. The van der Waals surface area contributed by atoms with Gasteiger partial charge in [-0.25, -0.2) is 13.6 Å². The zero-order chi connectivity index (χ0) is 8.91. The van der Waals surface area contributed by atoms with Gasteiger partial charge in [-0.3, -0.25) is 4.79 Å². The molecule has 0 aliphatic heterocycles. The predicted octanol–water partition coefficient (Wildman–Crippen LogP) is -0.403. The van der Waals surface area contributed by atoms with Gasteiger partial charge in [0, 0.05) is 6.42 Å². The molecule has 0 spiro atoms. The maximum absolute atomic E-state index is 10.7. The summed E-state index contributed by atoms with van der Waals surface area (Å²) in [5.74, 6) is -0.205. The van der Waals surface area contributed by atoms with Crippen LogP contribution >= 0.6 is 11.8 Å². The van der Waals surface area contributed by atoms with Crippen molar-refractivity contribution in [1.82, 2.24) is 0 Å². The summed E-state index contributed by atoms with van der Waals surface area (Å²) in [6.07, 6.45) is 2.13. The largest absolute Gasteiger partial charge is 0.298 e. The number of carbonyl (C=O) groups is 1. The van der Waals surface area contributed by atoms with E-state index in [2.05, 4.69) is 5.14 Å². The molecule has 0 aliphatic rings. The highest BCUT2D eigenvalue weighted by Gasteiger charge is 2.09. The minimum Gasteiger partial charge on any atom is -0.298 e. The van der Waals surface area contributed by atoms with Crippen LogP contribution in [0.1, 0.15) is 6.42 Å². The molecule has 0 rings (SSSR count). The standard InChI is InChI=1S/C5H11NO3S2/c1-10-3-2-5(7)4-11(6,8)9/h2-4H2,1H3,(H2,6,8,9). The molecule has 0 aromatic rings. The molecule has 66 valence electrons. The van der Waals surface area contributed by atoms with Crippen LogP contribution in [0.25, 0.3) is 0 Å². The number of hydrogen-bond acceptors (Lipinski definition) is 4. The van der Waals surface area contributed by atoms with Crippen LogP contribution in [-0.4, -0.2) is 32.0 Å². The topological polar surface area (TPSA) is 77.2 Å². The second-order valence-corrected chi connectivity index (χ2v) is 4.69. The fourth-order valence-corrected chi connectivity index (χ4v) is 1.54. The van der Waals surface area contributed by atoms with Crippen molar-refractivity contribution in [3.05, 3.63) is 0 Å². The van der Waals surface area contributed by atoms with Gasteiger partial charge >= 0.3 is 0 Å². The molecule has 0 atom stereocenters. The number of primary sulfonamides is 1. The summed E-state index contributed by atoms with van der Waals surface area (Å²) in [5.41, 5.74) is 0. The molecule has 0 bridgehead atoms. The highest BCUT2D eigenvalue weighted by atomic mass is 32.2. The second-order valence-electron chi connectivity index (χ2n) is 2.09. The Bertz CT molecular complexity index is 222. The zero-order valence-corrected chi connectivity index (χ0v) is 7.87. The van der Waals surface area contributed by atoms with Gasteiger partial charge in [-0.05, 0) is 12.0 Å². The lowest BCUT2D eigenvalue weighted by Gasteiger charge is -1.95. The molecule has 4 nitrogen and oxygen atoms in total. The normalized spacial score (nSPS) is 11.5. The number of sulfonamides is 1. The molecule has 0 aliphatic carbocycles. The maximum atomic E-state index is 10.7. The molecule has 0 unspecified atom stereocenters. The fourth-order valence-electron chi connectivity index (χ4n) is 0.512. The van der Waals surface area contributed by atoms with Crippen molar-refractivity contribution in [2.75, 3.05) is 17.8 Å². The summed E-state index contributed by atoms with van der Waals surface area (Å²) in [5, 5.41) is 4.65. The Morgan fingerprint density at radius 2 is 2.09 bits per heavy atom. The first-order valence-electron chi connectivity index (χ1n) is 2.97. The number of Topliss-reactive ketones (excluding diaryl/α,β-unsaturated/α-hetero) is 1. The van der Waals surface area contributed by atoms with Gasteiger partial charge in [0.1, 0.15) is 11.5 Å². The summed E-state index contributed by atoms with van der Waals surface area (Å²) >= 11 is 1.50. The number of carbonyl (C=O) groups excluding carboxylic acids is 1. The number of ketones is 1. The lowest BCUT2D eigenvalue weighted by Crippen LogP contribution is -2.23. The number of rotatable bonds is 5. The van der Waals surface area contributed by atoms with Crippen LogP contribution in [0.5, 0.6) is 0 Å². The van der Waals surface area contributed by atoms with Crippen molar-refractivity contribution in [3.63, 3.8) is 0 Å². The van der Waals surface area contributed by atoms with Crippen LogP contribution in [-0.2, 0) is 14.8 Å². The molecule has 0 aromatic heterocycles. The van der Waals surface area contributed by atoms with E-state index in [1.54, 1.807) is 0 Å². The Morgan fingerprint density at radius 3 is 2.45 bits per heavy atom. The van der Waals surface area contributed by atoms with E-state index in [1.165, 1.54) is 11.8 Å². The zero-order valence-electron chi connectivity index (χ0n) is 6.24. The molecule has 0 aromatic carbocycles. The lowest BCUT2D eigenvalue weighted by molar-refractivity contribution is -0.116. The summed E-state index contributed by atoms with van der Waals surface area (Å²) in [7, 11) is -3.61. The molecule has 6 heteroatoms. The van der Waals surface area contributed by atoms with Crippen molar-refractivity contribution < 1.29 is 13.2 Å². The van der Waals surface area contributed by atoms with E-state index in [9.17, 15) is 13.2 Å². The first-order chi connectivity index (χ1) is 4.95. The van der Waals surface area contributed by atoms with E-state index in [-0.39, 0.29) is 12.2 Å². The van der Waals surface area contributed by atoms with E-state index in [0.717, 1.165) is 0 Å². The van der Waals surface area contributed by atoms with Gasteiger partial charge in [0.2, 0.25) is 10.0 Å². The van der Waals surface area contributed by atoms with Gasteiger partial charge in [0.25, 0.3) is 0 Å². The predicted molar refractivity (Wildman–Crippen MR) is 46.0 cm³/mol. The third kappa shape index (κ3) is 7.83. The minimum absolute atomic E-state index is 0.275. The van der Waals surface area contributed by atoms with Gasteiger partial charge in [0.05, 0.1) is 0 Å². The van der Waals surface area contributed by atoms with Gasteiger partial charge in [0.15, 0.2) is 0 Å². The Kier molecular flexibility index (Phi) is 4.71. The number of thioether (sulfide) groups is 1. The van der Waals surface area contributed by atoms with E-state index in [1.807, 2.05) is 6.26 Å². The van der Waals surface area contributed by atoms with Crippen LogP contribution in [0.15, 0.2) is 0 Å². The summed E-state index contributed by atoms with van der Waals surface area (Å²) in [6.45, 7) is 0. The Hall–Kier alpha value is -0.0700. The molecule has 0 saturated heterocycles. The van der Waals surface area contributed by atoms with Crippen LogP contribution in [0, 0.1) is 0 Å². The Labute approximate surface area is 70.6 Å². The van der Waals surface area contributed by atoms with Gasteiger partial charge in [-0.2, -0.15) is 11.8 Å². The minimum atomic E-state index is -3.61. The maximum Gasteiger partial charge on any atom is 0.216 e. The fraction of sp³-hybridized carbons (Fsp3) is 0.800. The highest BCUT2D eigenvalue weighted by molar-refractivity contribution is 7.98. The number of hydrogen-bond donors (Lipinski definition) is 1. The van der Waals surface area contributed by atoms with E-state index in [0.29, 0.717) is 5.75 Å². The average Bonchev–Trinajstić information content (AvgIpc) is 1.79. The lowest BCUT2D eigenvalue weighted by atomic mass is 10.3. The molecule has 0 saturated carbocycles. The molecule has 0 radical (unpaired) electrons. The summed E-state index contributed by atoms with van der Waals surface area (Å²) in [4.78, 5) is 10.7. The third-order valence-corrected chi connectivity index (χ3v) is 2.28. The van der Waals surface area contributed by atoms with Gasteiger partial charge in [-0.1, -0.05) is 0 Å². The van der Waals surface area contributed by atoms with E-state index >= 15 is 0 Å². The van der Waals surface area contributed by atoms with Crippen molar-refractivity contribution in [1.29, 1.82) is 0 Å². The second kappa shape index (κ2) is 4.74. The SMILES string of the molecule is CSCCC(=O)CS(N)(=O)=O. The quantitative estimate of drug-likeness (QED) is 0.650. The first-order valence-corrected chi connectivity index (χ1v) is 6.08. The Morgan fingerprint density at radius 1 is 1.55 bits per heavy atom. The average molecular weight is 197 g/mol. The molecule has 0 heterocycles. The van der Waals surface area contributed by atoms with Crippen molar-refractivity contribution >= 4 is 27.6 Å². The molecular formula is C5H11NO3S2. The molecule has 0 fully saturated rings. The molecular weight excluding hydrogens is 186 g/mol. The summed E-state index contributed by atoms with van der Waals surface area (Å²) in [6, 6.07) is 0. The Balaban J connectivity index is 3.71. The molecule has 11 heavy (non-hydrogen) atoms. The van der Waals surface area contributed by atoms with Crippen LogP contribution in [0.3, 0.4) is 0 Å². The van der Waals surface area contributed by atoms with E-state index < -0.39 is 15.8 Å². The monoisotopic (exact) mass is 197 g/mol. The first kappa shape index (κ1) is 10.9.